The third kappa shape index (κ3) is 5.57. The van der Waals surface area contributed by atoms with Gasteiger partial charge >= 0.3 is 12.3 Å². The summed E-state index contributed by atoms with van der Waals surface area (Å²) >= 11 is 0. The van der Waals surface area contributed by atoms with Gasteiger partial charge in [-0.1, -0.05) is 6.92 Å². The SMILES string of the molecule is CCc1c(C)nc2cc([C@H]3CC[C@H](C(F)(F)F)CC3)nn2c1C1CN(C(=O)OC(C)(C)C)CCO1. The van der Waals surface area contributed by atoms with Crippen LogP contribution in [0, 0.1) is 12.8 Å². The molecule has 2 aromatic rings. The van der Waals surface area contributed by atoms with E-state index in [4.69, 9.17) is 19.6 Å². The van der Waals surface area contributed by atoms with Crippen LogP contribution in [-0.2, 0) is 15.9 Å². The summed E-state index contributed by atoms with van der Waals surface area (Å²) in [6.07, 6.45) is -3.06. The molecule has 0 aromatic carbocycles. The molecule has 2 aromatic heterocycles. The van der Waals surface area contributed by atoms with Crippen LogP contribution in [0.5, 0.6) is 0 Å². The molecule has 0 N–H and O–H groups in total. The van der Waals surface area contributed by atoms with Gasteiger partial charge in [0.25, 0.3) is 0 Å². The highest BCUT2D eigenvalue weighted by Gasteiger charge is 2.42. The molecule has 3 heterocycles. The minimum Gasteiger partial charge on any atom is -0.444 e. The zero-order valence-corrected chi connectivity index (χ0v) is 21.1. The molecule has 1 saturated carbocycles. The molecule has 1 aliphatic carbocycles. The van der Waals surface area contributed by atoms with Crippen molar-refractivity contribution in [1.82, 2.24) is 19.5 Å². The van der Waals surface area contributed by atoms with Gasteiger partial charge in [-0.2, -0.15) is 18.3 Å². The molecule has 194 valence electrons. The Morgan fingerprint density at radius 2 is 1.89 bits per heavy atom. The summed E-state index contributed by atoms with van der Waals surface area (Å²) in [6.45, 7) is 10.6. The Labute approximate surface area is 204 Å². The van der Waals surface area contributed by atoms with E-state index in [9.17, 15) is 18.0 Å². The number of halogens is 3. The molecule has 1 amide bonds. The molecule has 2 aliphatic rings. The maximum absolute atomic E-state index is 13.1. The number of carbonyl (C=O) groups excluding carboxylic acids is 1. The molecule has 0 spiro atoms. The maximum atomic E-state index is 13.1. The third-order valence-electron chi connectivity index (χ3n) is 6.95. The first-order chi connectivity index (χ1) is 16.4. The van der Waals surface area contributed by atoms with Crippen LogP contribution in [-0.4, -0.2) is 57.1 Å². The van der Waals surface area contributed by atoms with Crippen molar-refractivity contribution >= 4 is 11.7 Å². The minimum absolute atomic E-state index is 0.0286. The fourth-order valence-electron chi connectivity index (χ4n) is 5.19. The second kappa shape index (κ2) is 9.59. The van der Waals surface area contributed by atoms with Crippen molar-refractivity contribution in [2.24, 2.45) is 5.92 Å². The number of hydrogen-bond acceptors (Lipinski definition) is 5. The van der Waals surface area contributed by atoms with Gasteiger partial charge in [-0.3, -0.25) is 0 Å². The van der Waals surface area contributed by atoms with Gasteiger partial charge in [-0.25, -0.2) is 14.3 Å². The van der Waals surface area contributed by atoms with E-state index in [-0.39, 0.29) is 24.9 Å². The van der Waals surface area contributed by atoms with Gasteiger partial charge in [-0.15, -0.1) is 0 Å². The molecule has 1 unspecified atom stereocenters. The zero-order valence-electron chi connectivity index (χ0n) is 21.1. The van der Waals surface area contributed by atoms with E-state index in [0.29, 0.717) is 44.6 Å². The van der Waals surface area contributed by atoms with E-state index in [1.54, 1.807) is 9.42 Å². The zero-order chi connectivity index (χ0) is 25.5. The van der Waals surface area contributed by atoms with Gasteiger partial charge in [0.2, 0.25) is 0 Å². The Morgan fingerprint density at radius 3 is 2.49 bits per heavy atom. The Morgan fingerprint density at radius 1 is 1.20 bits per heavy atom. The number of nitrogens with zero attached hydrogens (tertiary/aromatic N) is 4. The van der Waals surface area contributed by atoms with Crippen molar-refractivity contribution < 1.29 is 27.4 Å². The number of rotatable bonds is 3. The number of morpholine rings is 1. The minimum atomic E-state index is -4.13. The van der Waals surface area contributed by atoms with Crippen LogP contribution in [0.1, 0.15) is 88.0 Å². The lowest BCUT2D eigenvalue weighted by Crippen LogP contribution is -2.45. The van der Waals surface area contributed by atoms with E-state index in [1.807, 2.05) is 40.7 Å². The average molecular weight is 497 g/mol. The maximum Gasteiger partial charge on any atom is 0.410 e. The average Bonchev–Trinajstić information content (AvgIpc) is 3.20. The standard InChI is InChI=1S/C25H35F3N4O3/c1-6-18-15(2)29-21-13-19(16-7-9-17(10-8-16)25(26,27)28)30-32(21)22(18)20-14-31(11-12-34-20)23(33)35-24(3,4)5/h13,16-17,20H,6-12,14H2,1-5H3/t16-,17-,20?. The predicted molar refractivity (Wildman–Crippen MR) is 124 cm³/mol. The molecule has 7 nitrogen and oxygen atoms in total. The molecule has 2 fully saturated rings. The second-order valence-corrected chi connectivity index (χ2v) is 10.6. The highest BCUT2D eigenvalue weighted by molar-refractivity contribution is 5.68. The van der Waals surface area contributed by atoms with Crippen molar-refractivity contribution in [2.45, 2.75) is 90.5 Å². The lowest BCUT2D eigenvalue weighted by molar-refractivity contribution is -0.182. The predicted octanol–water partition coefficient (Wildman–Crippen LogP) is 5.74. The first-order valence-electron chi connectivity index (χ1n) is 12.4. The summed E-state index contributed by atoms with van der Waals surface area (Å²) in [4.78, 5) is 19.1. The summed E-state index contributed by atoms with van der Waals surface area (Å²) in [7, 11) is 0. The number of amides is 1. The lowest BCUT2D eigenvalue weighted by Gasteiger charge is -2.35. The number of ether oxygens (including phenoxy) is 2. The molecule has 1 atom stereocenters. The van der Waals surface area contributed by atoms with Crippen molar-refractivity contribution in [3.8, 4) is 0 Å². The normalized spacial score (nSPS) is 24.1. The van der Waals surface area contributed by atoms with E-state index < -0.39 is 23.8 Å². The summed E-state index contributed by atoms with van der Waals surface area (Å²) in [6, 6.07) is 1.89. The molecule has 10 heteroatoms. The Kier molecular flexibility index (Phi) is 7.05. The van der Waals surface area contributed by atoms with Gasteiger partial charge in [0.15, 0.2) is 5.65 Å². The number of hydrogen-bond donors (Lipinski definition) is 0. The molecule has 0 bridgehead atoms. The van der Waals surface area contributed by atoms with Crippen LogP contribution >= 0.6 is 0 Å². The smallest absolute Gasteiger partial charge is 0.410 e. The number of aryl methyl sites for hydroxylation is 1. The number of fused-ring (bicyclic) bond motifs is 1. The third-order valence-corrected chi connectivity index (χ3v) is 6.95. The summed E-state index contributed by atoms with van der Waals surface area (Å²) < 4.78 is 52.8. The molecule has 0 radical (unpaired) electrons. The van der Waals surface area contributed by atoms with E-state index >= 15 is 0 Å². The largest absolute Gasteiger partial charge is 0.444 e. The van der Waals surface area contributed by atoms with Crippen LogP contribution in [0.4, 0.5) is 18.0 Å². The van der Waals surface area contributed by atoms with Crippen LogP contribution in [0.3, 0.4) is 0 Å². The van der Waals surface area contributed by atoms with E-state index in [2.05, 4.69) is 0 Å². The number of aromatic nitrogens is 3. The fraction of sp³-hybridized carbons (Fsp3) is 0.720. The summed E-state index contributed by atoms with van der Waals surface area (Å²) in [5.41, 5.74) is 3.54. The molecule has 1 aliphatic heterocycles. The van der Waals surface area contributed by atoms with Crippen LogP contribution in [0.25, 0.3) is 5.65 Å². The molecule has 1 saturated heterocycles. The van der Waals surface area contributed by atoms with E-state index in [0.717, 1.165) is 22.6 Å². The van der Waals surface area contributed by atoms with Gasteiger partial charge in [-0.05, 0) is 65.4 Å². The Balaban J connectivity index is 1.63. The topological polar surface area (TPSA) is 69.0 Å². The van der Waals surface area contributed by atoms with Crippen LogP contribution in [0.15, 0.2) is 6.07 Å². The van der Waals surface area contributed by atoms with Gasteiger partial charge in [0, 0.05) is 24.2 Å². The van der Waals surface area contributed by atoms with E-state index in [1.165, 1.54) is 0 Å². The Hall–Kier alpha value is -2.36. The van der Waals surface area contributed by atoms with Gasteiger partial charge < -0.3 is 14.4 Å². The summed E-state index contributed by atoms with van der Waals surface area (Å²) in [5, 5.41) is 4.84. The van der Waals surface area contributed by atoms with Crippen molar-refractivity contribution in [2.75, 3.05) is 19.7 Å². The lowest BCUT2D eigenvalue weighted by atomic mass is 9.80. The van der Waals surface area contributed by atoms with Crippen LogP contribution in [0.2, 0.25) is 0 Å². The van der Waals surface area contributed by atoms with Gasteiger partial charge in [0.05, 0.1) is 30.5 Å². The number of alkyl halides is 3. The number of carbonyl (C=O) groups is 1. The monoisotopic (exact) mass is 496 g/mol. The summed E-state index contributed by atoms with van der Waals surface area (Å²) in [5.74, 6) is -1.26. The van der Waals surface area contributed by atoms with Crippen molar-refractivity contribution in [3.63, 3.8) is 0 Å². The van der Waals surface area contributed by atoms with Gasteiger partial charge in [0.1, 0.15) is 11.7 Å². The van der Waals surface area contributed by atoms with Crippen molar-refractivity contribution in [3.05, 3.63) is 28.7 Å². The molecular formula is C25H35F3N4O3. The molecule has 35 heavy (non-hydrogen) atoms. The molecule has 4 rings (SSSR count). The van der Waals surface area contributed by atoms with Crippen molar-refractivity contribution in [1.29, 1.82) is 0 Å². The second-order valence-electron chi connectivity index (χ2n) is 10.6. The first kappa shape index (κ1) is 25.7. The quantitative estimate of drug-likeness (QED) is 0.542. The highest BCUT2D eigenvalue weighted by Crippen LogP contribution is 2.43. The first-order valence-corrected chi connectivity index (χ1v) is 12.4. The Bertz CT molecular complexity index is 1070. The van der Waals surface area contributed by atoms with Crippen LogP contribution < -0.4 is 0 Å². The highest BCUT2D eigenvalue weighted by atomic mass is 19.4. The molecular weight excluding hydrogens is 461 g/mol. The fourth-order valence-corrected chi connectivity index (χ4v) is 5.19.